The number of para-hydroxylation sites is 1. The summed E-state index contributed by atoms with van der Waals surface area (Å²) in [7, 11) is 0. The molecule has 1 saturated carbocycles. The molecule has 0 radical (unpaired) electrons. The number of nitrogens with one attached hydrogen (secondary N) is 2. The third-order valence-electron chi connectivity index (χ3n) is 7.91. The van der Waals surface area contributed by atoms with E-state index in [0.29, 0.717) is 10.0 Å². The zero-order chi connectivity index (χ0) is 26.0. The van der Waals surface area contributed by atoms with Crippen molar-refractivity contribution >= 4 is 40.7 Å². The molecule has 1 aliphatic carbocycles. The first kappa shape index (κ1) is 25.8. The van der Waals surface area contributed by atoms with Gasteiger partial charge >= 0.3 is 0 Å². The molecule has 2 atom stereocenters. The molecule has 1 heterocycles. The number of hydrogen-bond donors (Lipinski definition) is 2. The van der Waals surface area contributed by atoms with Crippen molar-refractivity contribution in [3.8, 4) is 0 Å². The zero-order valence-corrected chi connectivity index (χ0v) is 22.4. The van der Waals surface area contributed by atoms with E-state index in [0.717, 1.165) is 55.7 Å². The Kier molecular flexibility index (Phi) is 7.30. The van der Waals surface area contributed by atoms with E-state index < -0.39 is 5.41 Å². The Hall–Kier alpha value is -2.86. The Labute approximate surface area is 228 Å². The lowest BCUT2D eigenvalue weighted by Gasteiger charge is -2.43. The molecule has 37 heavy (non-hydrogen) atoms. The fraction of sp³-hybridized carbons (Fsp3) is 0.333. The number of halogens is 2. The van der Waals surface area contributed by atoms with Crippen molar-refractivity contribution in [1.29, 1.82) is 0 Å². The fourth-order valence-corrected chi connectivity index (χ4v) is 6.16. The quantitative estimate of drug-likeness (QED) is 0.389. The van der Waals surface area contributed by atoms with Crippen LogP contribution in [0.25, 0.3) is 0 Å². The Morgan fingerprint density at radius 1 is 0.892 bits per heavy atom. The molecule has 7 heteroatoms. The molecule has 3 aromatic rings. The highest BCUT2D eigenvalue weighted by molar-refractivity contribution is 6.42. The molecule has 2 N–H and O–H groups in total. The fourth-order valence-electron chi connectivity index (χ4n) is 5.86. The van der Waals surface area contributed by atoms with Gasteiger partial charge in [-0.1, -0.05) is 77.8 Å². The number of benzene rings is 3. The van der Waals surface area contributed by atoms with Crippen molar-refractivity contribution in [3.05, 3.63) is 100 Å². The first-order chi connectivity index (χ1) is 17.8. The third-order valence-corrected chi connectivity index (χ3v) is 8.65. The molecule has 1 saturated heterocycles. The topological polar surface area (TPSA) is 61.4 Å². The zero-order valence-electron chi connectivity index (χ0n) is 20.8. The number of nitrogens with zero attached hydrogens (tertiary/aromatic N) is 1. The number of carbonyl (C=O) groups excluding carboxylic acids is 2. The number of rotatable bonds is 7. The Bertz CT molecular complexity index is 1280. The maximum atomic E-state index is 13.7. The maximum absolute atomic E-state index is 13.7. The van der Waals surface area contributed by atoms with Crippen LogP contribution in [0.4, 0.5) is 5.69 Å². The van der Waals surface area contributed by atoms with Crippen LogP contribution in [0.15, 0.2) is 78.9 Å². The van der Waals surface area contributed by atoms with E-state index >= 15 is 0 Å². The second kappa shape index (κ2) is 10.5. The Morgan fingerprint density at radius 3 is 2.16 bits per heavy atom. The summed E-state index contributed by atoms with van der Waals surface area (Å²) in [4.78, 5) is 28.2. The average molecular weight is 537 g/mol. The minimum atomic E-state index is -0.657. The van der Waals surface area contributed by atoms with Crippen LogP contribution in [0.2, 0.25) is 10.0 Å². The van der Waals surface area contributed by atoms with Crippen molar-refractivity contribution in [2.24, 2.45) is 5.92 Å². The van der Waals surface area contributed by atoms with Gasteiger partial charge in [-0.3, -0.25) is 9.59 Å². The molecule has 5 nitrogen and oxygen atoms in total. The SMILES string of the molecule is CC(=O)NC1(c2ccccc2)CCN(CC2CC2(C(=O)Nc2ccccc2)c2ccc(Cl)c(Cl)c2)CC1. The highest BCUT2D eigenvalue weighted by atomic mass is 35.5. The maximum Gasteiger partial charge on any atom is 0.235 e. The lowest BCUT2D eigenvalue weighted by molar-refractivity contribution is -0.122. The number of likely N-dealkylation sites (tertiary alicyclic amines) is 1. The van der Waals surface area contributed by atoms with Crippen LogP contribution < -0.4 is 10.6 Å². The summed E-state index contributed by atoms with van der Waals surface area (Å²) in [5, 5.41) is 7.30. The summed E-state index contributed by atoms with van der Waals surface area (Å²) < 4.78 is 0. The molecular weight excluding hydrogens is 505 g/mol. The Balaban J connectivity index is 1.34. The lowest BCUT2D eigenvalue weighted by atomic mass is 9.80. The van der Waals surface area contributed by atoms with E-state index in [-0.39, 0.29) is 23.3 Å². The van der Waals surface area contributed by atoms with Gasteiger partial charge in [0.1, 0.15) is 0 Å². The van der Waals surface area contributed by atoms with E-state index in [1.54, 1.807) is 13.0 Å². The first-order valence-corrected chi connectivity index (χ1v) is 13.5. The van der Waals surface area contributed by atoms with Crippen molar-refractivity contribution in [3.63, 3.8) is 0 Å². The van der Waals surface area contributed by atoms with E-state index in [9.17, 15) is 9.59 Å². The van der Waals surface area contributed by atoms with Gasteiger partial charge in [0.15, 0.2) is 0 Å². The van der Waals surface area contributed by atoms with Crippen LogP contribution in [-0.4, -0.2) is 36.3 Å². The molecule has 0 aromatic heterocycles. The van der Waals surface area contributed by atoms with Gasteiger partial charge in [-0.2, -0.15) is 0 Å². The van der Waals surface area contributed by atoms with E-state index in [2.05, 4.69) is 27.7 Å². The number of amides is 2. The highest BCUT2D eigenvalue weighted by Crippen LogP contribution is 2.56. The summed E-state index contributed by atoms with van der Waals surface area (Å²) in [6.07, 6.45) is 2.38. The predicted molar refractivity (Wildman–Crippen MR) is 149 cm³/mol. The minimum absolute atomic E-state index is 0.0176. The van der Waals surface area contributed by atoms with Gasteiger partial charge in [-0.05, 0) is 60.6 Å². The van der Waals surface area contributed by atoms with Gasteiger partial charge in [0.2, 0.25) is 11.8 Å². The minimum Gasteiger partial charge on any atom is -0.347 e. The van der Waals surface area contributed by atoms with Crippen LogP contribution in [0.1, 0.15) is 37.3 Å². The largest absolute Gasteiger partial charge is 0.347 e. The molecule has 0 bridgehead atoms. The summed E-state index contributed by atoms with van der Waals surface area (Å²) in [5.41, 5.74) is 1.80. The standard InChI is InChI=1S/C30H31Cl2N3O2/c1-21(36)34-29(22-8-4-2-5-9-22)14-16-35(17-15-29)20-24-19-30(24,23-12-13-26(31)27(32)18-23)28(37)33-25-10-6-3-7-11-25/h2-13,18,24H,14-17,19-20H2,1H3,(H,33,37)(H,34,36). The van der Waals surface area contributed by atoms with E-state index in [4.69, 9.17) is 23.2 Å². The van der Waals surface area contributed by atoms with Crippen LogP contribution in [-0.2, 0) is 20.5 Å². The molecule has 2 aliphatic rings. The van der Waals surface area contributed by atoms with Crippen molar-refractivity contribution < 1.29 is 9.59 Å². The molecule has 192 valence electrons. The van der Waals surface area contributed by atoms with Gasteiger partial charge in [0, 0.05) is 32.2 Å². The highest BCUT2D eigenvalue weighted by Gasteiger charge is 2.61. The Morgan fingerprint density at radius 2 is 1.54 bits per heavy atom. The monoisotopic (exact) mass is 535 g/mol. The second-order valence-corrected chi connectivity index (χ2v) is 11.1. The van der Waals surface area contributed by atoms with Crippen LogP contribution in [0.3, 0.4) is 0 Å². The summed E-state index contributed by atoms with van der Waals surface area (Å²) in [5.74, 6) is 0.116. The number of carbonyl (C=O) groups is 2. The summed E-state index contributed by atoms with van der Waals surface area (Å²) in [6.45, 7) is 4.05. The van der Waals surface area contributed by atoms with Gasteiger partial charge in [-0.25, -0.2) is 0 Å². The van der Waals surface area contributed by atoms with Crippen molar-refractivity contribution in [2.45, 2.75) is 37.1 Å². The van der Waals surface area contributed by atoms with E-state index in [1.807, 2.05) is 60.7 Å². The summed E-state index contributed by atoms with van der Waals surface area (Å²) in [6, 6.07) is 25.3. The van der Waals surface area contributed by atoms with Gasteiger partial charge in [0.05, 0.1) is 21.0 Å². The third kappa shape index (κ3) is 5.26. The van der Waals surface area contributed by atoms with Crippen LogP contribution >= 0.6 is 23.2 Å². The van der Waals surface area contributed by atoms with Crippen molar-refractivity contribution in [1.82, 2.24) is 10.2 Å². The summed E-state index contributed by atoms with van der Waals surface area (Å²) >= 11 is 12.6. The normalized spacial score (nSPS) is 22.7. The molecule has 0 spiro atoms. The van der Waals surface area contributed by atoms with Gasteiger partial charge < -0.3 is 15.5 Å². The van der Waals surface area contributed by atoms with Gasteiger partial charge in [-0.15, -0.1) is 0 Å². The van der Waals surface area contributed by atoms with Crippen LogP contribution in [0, 0.1) is 5.92 Å². The van der Waals surface area contributed by atoms with E-state index in [1.165, 1.54) is 0 Å². The molecule has 5 rings (SSSR count). The average Bonchev–Trinajstić information content (AvgIpc) is 3.62. The molecule has 2 fully saturated rings. The molecule has 3 aromatic carbocycles. The first-order valence-electron chi connectivity index (χ1n) is 12.7. The van der Waals surface area contributed by atoms with Crippen LogP contribution in [0.5, 0.6) is 0 Å². The molecule has 2 unspecified atom stereocenters. The lowest BCUT2D eigenvalue weighted by Crippen LogP contribution is -2.53. The molecule has 2 amide bonds. The second-order valence-electron chi connectivity index (χ2n) is 10.3. The predicted octanol–water partition coefficient (Wildman–Crippen LogP) is 6.02. The molecular formula is C30H31Cl2N3O2. The number of piperidine rings is 1. The van der Waals surface area contributed by atoms with Gasteiger partial charge in [0.25, 0.3) is 0 Å². The smallest absolute Gasteiger partial charge is 0.235 e. The van der Waals surface area contributed by atoms with Crippen molar-refractivity contribution in [2.75, 3.05) is 25.0 Å². The molecule has 1 aliphatic heterocycles. The number of anilines is 1. The number of hydrogen-bond acceptors (Lipinski definition) is 3.